The summed E-state index contributed by atoms with van der Waals surface area (Å²) in [7, 11) is 1.67. The fourth-order valence-electron chi connectivity index (χ4n) is 2.95. The van der Waals surface area contributed by atoms with Gasteiger partial charge < -0.3 is 19.4 Å². The molecule has 0 bridgehead atoms. The average Bonchev–Trinajstić information content (AvgIpc) is 3.21. The molecular formula is C22H25N3O3. The van der Waals surface area contributed by atoms with Crippen LogP contribution < -0.4 is 14.8 Å². The number of benzene rings is 2. The Labute approximate surface area is 165 Å². The van der Waals surface area contributed by atoms with Crippen LogP contribution in [0.15, 0.2) is 67.3 Å². The van der Waals surface area contributed by atoms with E-state index in [1.54, 1.807) is 19.6 Å². The van der Waals surface area contributed by atoms with Crippen LogP contribution in [0.25, 0.3) is 0 Å². The number of hydrogen-bond donors (Lipinski definition) is 1. The Morgan fingerprint density at radius 3 is 2.43 bits per heavy atom. The van der Waals surface area contributed by atoms with Gasteiger partial charge in [0, 0.05) is 25.0 Å². The second-order valence-electron chi connectivity index (χ2n) is 6.59. The van der Waals surface area contributed by atoms with Gasteiger partial charge in [0.1, 0.15) is 17.6 Å². The van der Waals surface area contributed by atoms with Gasteiger partial charge in [0.2, 0.25) is 5.91 Å². The van der Waals surface area contributed by atoms with Gasteiger partial charge in [-0.15, -0.1) is 0 Å². The quantitative estimate of drug-likeness (QED) is 0.612. The third-order valence-electron chi connectivity index (χ3n) is 4.37. The van der Waals surface area contributed by atoms with Crippen molar-refractivity contribution in [2.75, 3.05) is 12.4 Å². The summed E-state index contributed by atoms with van der Waals surface area (Å²) in [6, 6.07) is 15.5. The first kappa shape index (κ1) is 19.5. The molecule has 1 aromatic heterocycles. The van der Waals surface area contributed by atoms with Crippen LogP contribution in [0.1, 0.15) is 18.9 Å². The molecular weight excluding hydrogens is 354 g/mol. The Hall–Kier alpha value is -3.28. The van der Waals surface area contributed by atoms with Gasteiger partial charge in [-0.3, -0.25) is 4.79 Å². The summed E-state index contributed by atoms with van der Waals surface area (Å²) in [6.45, 7) is 2.20. The van der Waals surface area contributed by atoms with E-state index in [-0.39, 0.29) is 12.0 Å². The van der Waals surface area contributed by atoms with Crippen molar-refractivity contribution in [1.29, 1.82) is 0 Å². The number of amides is 1. The van der Waals surface area contributed by atoms with Crippen molar-refractivity contribution >= 4 is 11.6 Å². The molecule has 1 heterocycles. The summed E-state index contributed by atoms with van der Waals surface area (Å²) in [6.07, 6.45) is 7.24. The van der Waals surface area contributed by atoms with Crippen LogP contribution in [0.2, 0.25) is 0 Å². The number of rotatable bonds is 9. The topological polar surface area (TPSA) is 65.4 Å². The zero-order chi connectivity index (χ0) is 19.8. The number of nitrogens with zero attached hydrogens (tertiary/aromatic N) is 2. The second-order valence-corrected chi connectivity index (χ2v) is 6.59. The molecule has 0 aliphatic carbocycles. The number of carbonyl (C=O) groups is 1. The van der Waals surface area contributed by atoms with E-state index in [0.717, 1.165) is 30.0 Å². The minimum Gasteiger partial charge on any atom is -0.497 e. The predicted octanol–water partition coefficient (Wildman–Crippen LogP) is 3.93. The molecule has 0 spiro atoms. The van der Waals surface area contributed by atoms with Crippen LogP contribution in [-0.2, 0) is 17.8 Å². The molecule has 1 atom stereocenters. The number of ether oxygens (including phenoxy) is 2. The minimum absolute atomic E-state index is 0.0112. The van der Waals surface area contributed by atoms with Crippen LogP contribution in [0.4, 0.5) is 5.69 Å². The number of imidazole rings is 1. The van der Waals surface area contributed by atoms with Crippen molar-refractivity contribution in [2.45, 2.75) is 32.4 Å². The Kier molecular flexibility index (Phi) is 6.68. The summed E-state index contributed by atoms with van der Waals surface area (Å²) in [5, 5.41) is 2.76. The molecule has 3 aromatic rings. The third-order valence-corrected chi connectivity index (χ3v) is 4.37. The summed E-state index contributed by atoms with van der Waals surface area (Å²) < 4.78 is 13.5. The van der Waals surface area contributed by atoms with Crippen molar-refractivity contribution in [3.63, 3.8) is 0 Å². The number of anilines is 1. The molecule has 3 rings (SSSR count). The molecule has 0 aliphatic heterocycles. The lowest BCUT2D eigenvalue weighted by Gasteiger charge is -2.20. The van der Waals surface area contributed by atoms with E-state index < -0.39 is 0 Å². The lowest BCUT2D eigenvalue weighted by molar-refractivity contribution is -0.114. The SMILES string of the molecule is COc1ccc(CCC(Cn2ccnc2)Oc2ccc(NC(C)=O)cc2)cc1. The van der Waals surface area contributed by atoms with Crippen molar-refractivity contribution < 1.29 is 14.3 Å². The standard InChI is InChI=1S/C22H25N3O3/c1-17(26)24-19-6-11-21(12-7-19)28-22(15-25-14-13-23-16-25)10-5-18-3-8-20(27-2)9-4-18/h3-4,6-9,11-14,16,22H,5,10,15H2,1-2H3,(H,24,26). The predicted molar refractivity (Wildman–Crippen MR) is 109 cm³/mol. The monoisotopic (exact) mass is 379 g/mol. The zero-order valence-corrected chi connectivity index (χ0v) is 16.2. The molecule has 28 heavy (non-hydrogen) atoms. The fourth-order valence-corrected chi connectivity index (χ4v) is 2.95. The van der Waals surface area contributed by atoms with Gasteiger partial charge in [-0.1, -0.05) is 12.1 Å². The molecule has 1 unspecified atom stereocenters. The smallest absolute Gasteiger partial charge is 0.221 e. The van der Waals surface area contributed by atoms with Crippen LogP contribution in [-0.4, -0.2) is 28.7 Å². The van der Waals surface area contributed by atoms with Crippen LogP contribution in [0, 0.1) is 0 Å². The van der Waals surface area contributed by atoms with Crippen molar-refractivity contribution in [3.8, 4) is 11.5 Å². The first-order valence-corrected chi connectivity index (χ1v) is 9.25. The lowest BCUT2D eigenvalue weighted by atomic mass is 10.1. The first-order chi connectivity index (χ1) is 13.6. The lowest BCUT2D eigenvalue weighted by Crippen LogP contribution is -2.23. The van der Waals surface area contributed by atoms with Crippen LogP contribution in [0.5, 0.6) is 11.5 Å². The molecule has 6 heteroatoms. The van der Waals surface area contributed by atoms with E-state index in [4.69, 9.17) is 9.47 Å². The molecule has 1 N–H and O–H groups in total. The molecule has 146 valence electrons. The number of hydrogen-bond acceptors (Lipinski definition) is 4. The first-order valence-electron chi connectivity index (χ1n) is 9.25. The summed E-state index contributed by atoms with van der Waals surface area (Å²) in [5.41, 5.74) is 1.99. The summed E-state index contributed by atoms with van der Waals surface area (Å²) in [5.74, 6) is 1.54. The van der Waals surface area contributed by atoms with Crippen molar-refractivity contribution in [3.05, 3.63) is 72.8 Å². The van der Waals surface area contributed by atoms with E-state index in [9.17, 15) is 4.79 Å². The van der Waals surface area contributed by atoms with Crippen LogP contribution >= 0.6 is 0 Å². The zero-order valence-electron chi connectivity index (χ0n) is 16.2. The minimum atomic E-state index is -0.0915. The second kappa shape index (κ2) is 9.60. The Morgan fingerprint density at radius 1 is 1.11 bits per heavy atom. The van der Waals surface area contributed by atoms with Gasteiger partial charge in [0.05, 0.1) is 20.0 Å². The maximum absolute atomic E-state index is 11.2. The highest BCUT2D eigenvalue weighted by atomic mass is 16.5. The third kappa shape index (κ3) is 5.87. The van der Waals surface area contributed by atoms with Gasteiger partial charge in [-0.05, 0) is 54.8 Å². The number of methoxy groups -OCH3 is 1. The van der Waals surface area contributed by atoms with Crippen LogP contribution in [0.3, 0.4) is 0 Å². The Morgan fingerprint density at radius 2 is 1.82 bits per heavy atom. The normalized spacial score (nSPS) is 11.6. The number of aromatic nitrogens is 2. The van der Waals surface area contributed by atoms with E-state index in [0.29, 0.717) is 6.54 Å². The summed E-state index contributed by atoms with van der Waals surface area (Å²) >= 11 is 0. The van der Waals surface area contributed by atoms with Gasteiger partial charge in [-0.25, -0.2) is 4.98 Å². The molecule has 6 nitrogen and oxygen atoms in total. The Bertz CT molecular complexity index is 859. The molecule has 0 aliphatic rings. The van der Waals surface area contributed by atoms with E-state index >= 15 is 0 Å². The van der Waals surface area contributed by atoms with E-state index in [1.807, 2.05) is 47.2 Å². The highest BCUT2D eigenvalue weighted by Crippen LogP contribution is 2.20. The molecule has 2 aromatic carbocycles. The van der Waals surface area contributed by atoms with E-state index in [2.05, 4.69) is 22.4 Å². The van der Waals surface area contributed by atoms with Crippen molar-refractivity contribution in [1.82, 2.24) is 9.55 Å². The summed E-state index contributed by atoms with van der Waals surface area (Å²) in [4.78, 5) is 15.3. The van der Waals surface area contributed by atoms with Gasteiger partial charge in [-0.2, -0.15) is 0 Å². The highest BCUT2D eigenvalue weighted by Gasteiger charge is 2.12. The molecule has 0 radical (unpaired) electrons. The highest BCUT2D eigenvalue weighted by molar-refractivity contribution is 5.88. The molecule has 1 amide bonds. The van der Waals surface area contributed by atoms with E-state index in [1.165, 1.54) is 12.5 Å². The van der Waals surface area contributed by atoms with Gasteiger partial charge in [0.25, 0.3) is 0 Å². The molecule has 0 saturated heterocycles. The number of aryl methyl sites for hydroxylation is 1. The maximum Gasteiger partial charge on any atom is 0.221 e. The Balaban J connectivity index is 1.64. The fraction of sp³-hybridized carbons (Fsp3) is 0.273. The molecule has 0 fully saturated rings. The van der Waals surface area contributed by atoms with Crippen molar-refractivity contribution in [2.24, 2.45) is 0 Å². The largest absolute Gasteiger partial charge is 0.497 e. The van der Waals surface area contributed by atoms with Gasteiger partial charge in [0.15, 0.2) is 0 Å². The number of carbonyl (C=O) groups excluding carboxylic acids is 1. The maximum atomic E-state index is 11.2. The molecule has 0 saturated carbocycles. The van der Waals surface area contributed by atoms with Gasteiger partial charge >= 0.3 is 0 Å². The number of nitrogens with one attached hydrogen (secondary N) is 1. The average molecular weight is 379 g/mol.